The summed E-state index contributed by atoms with van der Waals surface area (Å²) in [6.45, 7) is 6.12. The minimum Gasteiger partial charge on any atom is -0.488 e. The SMILES string of the molecule is CC(C)(C)Oc1ccc(C2CC(c3ccc(Br)cc3)=NO2)cc1. The molecule has 2 aromatic carbocycles. The van der Waals surface area contributed by atoms with Gasteiger partial charge >= 0.3 is 0 Å². The average Bonchev–Trinajstić information content (AvgIpc) is 2.97. The number of rotatable bonds is 3. The molecule has 0 amide bonds. The Balaban J connectivity index is 1.67. The predicted molar refractivity (Wildman–Crippen MR) is 95.9 cm³/mol. The smallest absolute Gasteiger partial charge is 0.158 e. The molecule has 120 valence electrons. The van der Waals surface area contributed by atoms with Crippen molar-refractivity contribution in [1.82, 2.24) is 0 Å². The Morgan fingerprint density at radius 1 is 1.04 bits per heavy atom. The number of ether oxygens (including phenoxy) is 1. The molecule has 0 bridgehead atoms. The summed E-state index contributed by atoms with van der Waals surface area (Å²) in [6.07, 6.45) is 0.749. The normalized spacial score (nSPS) is 17.6. The van der Waals surface area contributed by atoms with E-state index in [1.807, 2.05) is 57.2 Å². The largest absolute Gasteiger partial charge is 0.488 e. The standard InChI is InChI=1S/C19H20BrNO2/c1-19(2,3)22-16-10-6-14(7-11-16)18-12-17(21-23-18)13-4-8-15(20)9-5-13/h4-11,18H,12H2,1-3H3. The summed E-state index contributed by atoms with van der Waals surface area (Å²) in [5.41, 5.74) is 3.01. The second-order valence-corrected chi connectivity index (χ2v) is 7.54. The summed E-state index contributed by atoms with van der Waals surface area (Å²) in [4.78, 5) is 5.61. The lowest BCUT2D eigenvalue weighted by Gasteiger charge is -2.21. The van der Waals surface area contributed by atoms with Crippen molar-refractivity contribution in [1.29, 1.82) is 0 Å². The van der Waals surface area contributed by atoms with Crippen LogP contribution in [0.4, 0.5) is 0 Å². The number of hydrogen-bond donors (Lipinski definition) is 0. The van der Waals surface area contributed by atoms with E-state index in [4.69, 9.17) is 9.57 Å². The molecule has 0 N–H and O–H groups in total. The highest BCUT2D eigenvalue weighted by Crippen LogP contribution is 2.31. The number of oxime groups is 1. The quantitative estimate of drug-likeness (QED) is 0.711. The Morgan fingerprint density at radius 3 is 2.30 bits per heavy atom. The van der Waals surface area contributed by atoms with Gasteiger partial charge in [-0.3, -0.25) is 0 Å². The zero-order chi connectivity index (χ0) is 16.4. The zero-order valence-electron chi connectivity index (χ0n) is 13.5. The van der Waals surface area contributed by atoms with Crippen LogP contribution in [-0.4, -0.2) is 11.3 Å². The summed E-state index contributed by atoms with van der Waals surface area (Å²) < 4.78 is 6.91. The molecule has 0 spiro atoms. The van der Waals surface area contributed by atoms with Gasteiger partial charge in [0.1, 0.15) is 11.4 Å². The van der Waals surface area contributed by atoms with Crippen LogP contribution in [0.3, 0.4) is 0 Å². The summed E-state index contributed by atoms with van der Waals surface area (Å²) >= 11 is 3.45. The highest BCUT2D eigenvalue weighted by Gasteiger charge is 2.24. The molecular weight excluding hydrogens is 354 g/mol. The molecule has 3 nitrogen and oxygen atoms in total. The molecule has 0 radical (unpaired) electrons. The average molecular weight is 374 g/mol. The van der Waals surface area contributed by atoms with Gasteiger partial charge in [-0.15, -0.1) is 0 Å². The number of hydrogen-bond acceptors (Lipinski definition) is 3. The van der Waals surface area contributed by atoms with Gasteiger partial charge in [-0.25, -0.2) is 0 Å². The van der Waals surface area contributed by atoms with Crippen molar-refractivity contribution < 1.29 is 9.57 Å². The van der Waals surface area contributed by atoms with E-state index in [-0.39, 0.29) is 11.7 Å². The highest BCUT2D eigenvalue weighted by molar-refractivity contribution is 9.10. The van der Waals surface area contributed by atoms with E-state index < -0.39 is 0 Å². The minimum atomic E-state index is -0.191. The van der Waals surface area contributed by atoms with Crippen molar-refractivity contribution >= 4 is 21.6 Å². The number of nitrogens with zero attached hydrogens (tertiary/aromatic N) is 1. The van der Waals surface area contributed by atoms with E-state index in [1.165, 1.54) is 0 Å². The fourth-order valence-corrected chi connectivity index (χ4v) is 2.74. The lowest BCUT2D eigenvalue weighted by molar-refractivity contribution is 0.0855. The van der Waals surface area contributed by atoms with Crippen LogP contribution >= 0.6 is 15.9 Å². The van der Waals surface area contributed by atoms with Gasteiger partial charge in [0.15, 0.2) is 6.10 Å². The van der Waals surface area contributed by atoms with E-state index in [9.17, 15) is 0 Å². The van der Waals surface area contributed by atoms with Crippen molar-refractivity contribution in [2.24, 2.45) is 5.16 Å². The Kier molecular flexibility index (Phi) is 4.44. The second-order valence-electron chi connectivity index (χ2n) is 6.63. The van der Waals surface area contributed by atoms with Gasteiger partial charge in [0.25, 0.3) is 0 Å². The van der Waals surface area contributed by atoms with Gasteiger partial charge in [-0.1, -0.05) is 45.4 Å². The summed E-state index contributed by atoms with van der Waals surface area (Å²) in [5, 5.41) is 4.25. The van der Waals surface area contributed by atoms with Gasteiger partial charge in [0.05, 0.1) is 5.71 Å². The second kappa shape index (κ2) is 6.36. The highest BCUT2D eigenvalue weighted by atomic mass is 79.9. The van der Waals surface area contributed by atoms with Crippen LogP contribution in [-0.2, 0) is 4.84 Å². The molecular formula is C19H20BrNO2. The third-order valence-corrected chi connectivity index (χ3v) is 4.05. The first-order chi connectivity index (χ1) is 10.9. The Bertz CT molecular complexity index is 700. The maximum absolute atomic E-state index is 5.85. The van der Waals surface area contributed by atoms with E-state index in [1.54, 1.807) is 0 Å². The third kappa shape index (κ3) is 4.14. The monoisotopic (exact) mass is 373 g/mol. The van der Waals surface area contributed by atoms with Crippen LogP contribution in [0.2, 0.25) is 0 Å². The molecule has 0 saturated heterocycles. The van der Waals surface area contributed by atoms with Gasteiger partial charge in [-0.05, 0) is 56.2 Å². The number of benzene rings is 2. The first-order valence-corrected chi connectivity index (χ1v) is 8.48. The molecule has 1 aliphatic rings. The van der Waals surface area contributed by atoms with Crippen LogP contribution in [0.1, 0.15) is 44.4 Å². The van der Waals surface area contributed by atoms with Crippen LogP contribution in [0, 0.1) is 0 Å². The third-order valence-electron chi connectivity index (χ3n) is 3.52. The van der Waals surface area contributed by atoms with Crippen molar-refractivity contribution in [3.8, 4) is 5.75 Å². The molecule has 0 fully saturated rings. The first-order valence-electron chi connectivity index (χ1n) is 7.68. The van der Waals surface area contributed by atoms with Gasteiger partial charge in [0.2, 0.25) is 0 Å². The molecule has 23 heavy (non-hydrogen) atoms. The summed E-state index contributed by atoms with van der Waals surface area (Å²) in [7, 11) is 0. The van der Waals surface area contributed by atoms with E-state index in [0.29, 0.717) is 0 Å². The van der Waals surface area contributed by atoms with Crippen molar-refractivity contribution in [2.45, 2.75) is 38.9 Å². The van der Waals surface area contributed by atoms with E-state index in [0.717, 1.165) is 33.5 Å². The predicted octanol–water partition coefficient (Wildman–Crippen LogP) is 5.49. The summed E-state index contributed by atoms with van der Waals surface area (Å²) in [5.74, 6) is 0.869. The molecule has 1 atom stereocenters. The lowest BCUT2D eigenvalue weighted by Crippen LogP contribution is -2.22. The van der Waals surface area contributed by atoms with Gasteiger partial charge in [-0.2, -0.15) is 0 Å². The molecule has 0 aromatic heterocycles. The summed E-state index contributed by atoms with van der Waals surface area (Å²) in [6, 6.07) is 16.2. The van der Waals surface area contributed by atoms with Gasteiger partial charge in [0, 0.05) is 10.9 Å². The van der Waals surface area contributed by atoms with Crippen LogP contribution < -0.4 is 4.74 Å². The maximum atomic E-state index is 5.85. The van der Waals surface area contributed by atoms with Crippen LogP contribution in [0.5, 0.6) is 5.75 Å². The van der Waals surface area contributed by atoms with Crippen molar-refractivity contribution in [2.75, 3.05) is 0 Å². The van der Waals surface area contributed by atoms with Crippen LogP contribution in [0.25, 0.3) is 0 Å². The molecule has 0 saturated carbocycles. The molecule has 1 heterocycles. The zero-order valence-corrected chi connectivity index (χ0v) is 15.1. The van der Waals surface area contributed by atoms with Crippen molar-refractivity contribution in [3.63, 3.8) is 0 Å². The molecule has 0 aliphatic carbocycles. The molecule has 1 aliphatic heterocycles. The minimum absolute atomic E-state index is 0.0302. The van der Waals surface area contributed by atoms with E-state index >= 15 is 0 Å². The molecule has 2 aromatic rings. The topological polar surface area (TPSA) is 30.8 Å². The fraction of sp³-hybridized carbons (Fsp3) is 0.316. The Labute approximate surface area is 145 Å². The molecule has 4 heteroatoms. The molecule has 1 unspecified atom stereocenters. The lowest BCUT2D eigenvalue weighted by atomic mass is 10.0. The van der Waals surface area contributed by atoms with Crippen molar-refractivity contribution in [3.05, 3.63) is 64.1 Å². The molecule has 3 rings (SSSR count). The van der Waals surface area contributed by atoms with Gasteiger partial charge < -0.3 is 9.57 Å². The van der Waals surface area contributed by atoms with E-state index in [2.05, 4.69) is 33.2 Å². The van der Waals surface area contributed by atoms with Crippen LogP contribution in [0.15, 0.2) is 58.2 Å². The Morgan fingerprint density at radius 2 is 1.70 bits per heavy atom. The number of halogens is 1. The Hall–Kier alpha value is -1.81. The fourth-order valence-electron chi connectivity index (χ4n) is 2.47. The first kappa shape index (κ1) is 16.1. The maximum Gasteiger partial charge on any atom is 0.158 e.